The number of nitrogens with zero attached hydrogens (tertiary/aromatic N) is 1. The van der Waals surface area contributed by atoms with E-state index in [4.69, 9.17) is 18.9 Å². The van der Waals surface area contributed by atoms with Gasteiger partial charge < -0.3 is 18.9 Å². The van der Waals surface area contributed by atoms with Crippen LogP contribution in [0.4, 0.5) is 0 Å². The Hall–Kier alpha value is -3.91. The fourth-order valence-corrected chi connectivity index (χ4v) is 3.82. The van der Waals surface area contributed by atoms with E-state index in [1.54, 1.807) is 48.5 Å². The molecule has 3 aromatic carbocycles. The van der Waals surface area contributed by atoms with Gasteiger partial charge in [0.25, 0.3) is 0 Å². The van der Waals surface area contributed by atoms with Crippen molar-refractivity contribution in [1.82, 2.24) is 0 Å². The smallest absolute Gasteiger partial charge is 0.363 e. The monoisotopic (exact) mass is 549 g/mol. The van der Waals surface area contributed by atoms with Crippen LogP contribution in [0.25, 0.3) is 6.08 Å². The Morgan fingerprint density at radius 1 is 0.944 bits per heavy atom. The van der Waals surface area contributed by atoms with Gasteiger partial charge in [-0.05, 0) is 75.4 Å². The fraction of sp³-hybridized carbons (Fsp3) is 0.179. The molecule has 1 heterocycles. The summed E-state index contributed by atoms with van der Waals surface area (Å²) < 4.78 is 23.0. The van der Waals surface area contributed by atoms with Crippen molar-refractivity contribution in [2.45, 2.75) is 20.8 Å². The molecule has 36 heavy (non-hydrogen) atoms. The number of aliphatic imine (C=N–C) groups is 1. The van der Waals surface area contributed by atoms with Gasteiger partial charge in [0.2, 0.25) is 5.90 Å². The van der Waals surface area contributed by atoms with Crippen LogP contribution in [0.1, 0.15) is 40.9 Å². The van der Waals surface area contributed by atoms with E-state index in [1.165, 1.54) is 6.08 Å². The highest BCUT2D eigenvalue weighted by Crippen LogP contribution is 2.32. The second-order valence-electron chi connectivity index (χ2n) is 7.80. The second-order valence-corrected chi connectivity index (χ2v) is 8.72. The van der Waals surface area contributed by atoms with E-state index >= 15 is 0 Å². The number of carbonyl (C=O) groups excluding carboxylic acids is 2. The first-order valence-corrected chi connectivity index (χ1v) is 12.2. The molecule has 0 atom stereocenters. The normalized spacial score (nSPS) is 13.8. The van der Waals surface area contributed by atoms with Crippen molar-refractivity contribution in [3.63, 3.8) is 0 Å². The second kappa shape index (κ2) is 11.2. The predicted octanol–water partition coefficient (Wildman–Crippen LogP) is 6.12. The highest BCUT2D eigenvalue weighted by atomic mass is 79.9. The third-order valence-electron chi connectivity index (χ3n) is 5.16. The third kappa shape index (κ3) is 5.83. The summed E-state index contributed by atoms with van der Waals surface area (Å²) in [6.45, 7) is 6.64. The SMILES string of the molecule is CCOc1ccc(C2=N/C(=C\c3cc(Br)ccc3OC(=O)c3ccc(C)cc3)C(=O)O2)cc1OCC. The number of esters is 2. The van der Waals surface area contributed by atoms with E-state index in [9.17, 15) is 9.59 Å². The minimum atomic E-state index is -0.618. The number of cyclic esters (lactones) is 1. The summed E-state index contributed by atoms with van der Waals surface area (Å²) in [6.07, 6.45) is 1.52. The largest absolute Gasteiger partial charge is 0.490 e. The Labute approximate surface area is 217 Å². The van der Waals surface area contributed by atoms with Gasteiger partial charge in [-0.1, -0.05) is 33.6 Å². The molecular weight excluding hydrogens is 526 g/mol. The van der Waals surface area contributed by atoms with Crippen molar-refractivity contribution in [3.8, 4) is 17.2 Å². The highest BCUT2D eigenvalue weighted by Gasteiger charge is 2.26. The number of aryl methyl sites for hydroxylation is 1. The average molecular weight is 550 g/mol. The molecular formula is C28H24BrNO6. The van der Waals surface area contributed by atoms with E-state index in [2.05, 4.69) is 20.9 Å². The lowest BCUT2D eigenvalue weighted by Crippen LogP contribution is -2.09. The molecule has 0 saturated carbocycles. The summed E-state index contributed by atoms with van der Waals surface area (Å²) in [4.78, 5) is 29.7. The van der Waals surface area contributed by atoms with Crippen molar-refractivity contribution in [1.29, 1.82) is 0 Å². The van der Waals surface area contributed by atoms with E-state index < -0.39 is 11.9 Å². The third-order valence-corrected chi connectivity index (χ3v) is 5.66. The van der Waals surface area contributed by atoms with Crippen LogP contribution >= 0.6 is 15.9 Å². The van der Waals surface area contributed by atoms with Gasteiger partial charge in [0.05, 0.1) is 18.8 Å². The minimum Gasteiger partial charge on any atom is -0.490 e. The van der Waals surface area contributed by atoms with Crippen molar-refractivity contribution >= 4 is 39.8 Å². The first-order chi connectivity index (χ1) is 17.4. The van der Waals surface area contributed by atoms with Crippen molar-refractivity contribution in [2.75, 3.05) is 13.2 Å². The number of halogens is 1. The summed E-state index contributed by atoms with van der Waals surface area (Å²) in [6, 6.07) is 17.4. The van der Waals surface area contributed by atoms with Crippen LogP contribution in [-0.4, -0.2) is 31.1 Å². The quantitative estimate of drug-likeness (QED) is 0.191. The minimum absolute atomic E-state index is 0.0718. The lowest BCUT2D eigenvalue weighted by molar-refractivity contribution is -0.129. The van der Waals surface area contributed by atoms with Crippen molar-refractivity contribution < 1.29 is 28.5 Å². The van der Waals surface area contributed by atoms with Crippen LogP contribution in [0.15, 0.2) is 75.8 Å². The zero-order valence-electron chi connectivity index (χ0n) is 20.0. The number of carbonyl (C=O) groups is 2. The molecule has 0 amide bonds. The maximum absolute atomic E-state index is 12.7. The van der Waals surface area contributed by atoms with Crippen LogP contribution in [0, 0.1) is 6.92 Å². The number of hydrogen-bond acceptors (Lipinski definition) is 7. The summed E-state index contributed by atoms with van der Waals surface area (Å²) in [5.41, 5.74) is 2.59. The standard InChI is InChI=1S/C28H24BrNO6/c1-4-33-24-12-10-19(16-25(24)34-5-2)26-30-22(28(32)36-26)15-20-14-21(29)11-13-23(20)35-27(31)18-8-6-17(3)7-9-18/h6-16H,4-5H2,1-3H3/b22-15-. The molecule has 0 N–H and O–H groups in total. The molecule has 0 fully saturated rings. The average Bonchev–Trinajstić information content (AvgIpc) is 3.22. The summed E-state index contributed by atoms with van der Waals surface area (Å²) in [5.74, 6) is 0.430. The van der Waals surface area contributed by atoms with Gasteiger partial charge in [0.1, 0.15) is 5.75 Å². The van der Waals surface area contributed by atoms with Crippen LogP contribution < -0.4 is 14.2 Å². The van der Waals surface area contributed by atoms with E-state index in [1.807, 2.05) is 32.9 Å². The van der Waals surface area contributed by atoms with Crippen molar-refractivity contribution in [2.24, 2.45) is 4.99 Å². The number of rotatable bonds is 8. The van der Waals surface area contributed by atoms with Gasteiger partial charge in [0.15, 0.2) is 17.2 Å². The summed E-state index contributed by atoms with van der Waals surface area (Å²) in [7, 11) is 0. The summed E-state index contributed by atoms with van der Waals surface area (Å²) >= 11 is 3.42. The highest BCUT2D eigenvalue weighted by molar-refractivity contribution is 9.10. The van der Waals surface area contributed by atoms with E-state index in [0.29, 0.717) is 41.4 Å². The molecule has 1 aliphatic heterocycles. The molecule has 0 aliphatic carbocycles. The van der Waals surface area contributed by atoms with Gasteiger partial charge in [-0.25, -0.2) is 14.6 Å². The first-order valence-electron chi connectivity index (χ1n) is 11.4. The summed E-state index contributed by atoms with van der Waals surface area (Å²) in [5, 5.41) is 0. The van der Waals surface area contributed by atoms with Crippen LogP contribution in [0.3, 0.4) is 0 Å². The molecule has 1 aliphatic rings. The lowest BCUT2D eigenvalue weighted by Gasteiger charge is -2.11. The van der Waals surface area contributed by atoms with Gasteiger partial charge in [-0.3, -0.25) is 0 Å². The topological polar surface area (TPSA) is 83.4 Å². The van der Waals surface area contributed by atoms with E-state index in [-0.39, 0.29) is 17.3 Å². The molecule has 7 nitrogen and oxygen atoms in total. The Morgan fingerprint density at radius 3 is 2.36 bits per heavy atom. The van der Waals surface area contributed by atoms with Crippen LogP contribution in [-0.2, 0) is 9.53 Å². The molecule has 8 heteroatoms. The number of hydrogen-bond donors (Lipinski definition) is 0. The molecule has 0 saturated heterocycles. The molecule has 4 rings (SSSR count). The first kappa shape index (κ1) is 25.2. The molecule has 0 unspecified atom stereocenters. The van der Waals surface area contributed by atoms with Crippen LogP contribution in [0.5, 0.6) is 17.2 Å². The van der Waals surface area contributed by atoms with E-state index in [0.717, 1.165) is 10.0 Å². The number of benzene rings is 3. The van der Waals surface area contributed by atoms with Crippen molar-refractivity contribution in [3.05, 3.63) is 93.1 Å². The van der Waals surface area contributed by atoms with Gasteiger partial charge in [0, 0.05) is 15.6 Å². The molecule has 184 valence electrons. The Bertz CT molecular complexity index is 1360. The molecule has 0 radical (unpaired) electrons. The Kier molecular flexibility index (Phi) is 7.85. The van der Waals surface area contributed by atoms with Gasteiger partial charge >= 0.3 is 11.9 Å². The lowest BCUT2D eigenvalue weighted by atomic mass is 10.1. The molecule has 0 spiro atoms. The maximum atomic E-state index is 12.7. The van der Waals surface area contributed by atoms with Gasteiger partial charge in [-0.2, -0.15) is 0 Å². The van der Waals surface area contributed by atoms with Crippen LogP contribution in [0.2, 0.25) is 0 Å². The zero-order chi connectivity index (χ0) is 25.7. The van der Waals surface area contributed by atoms with Gasteiger partial charge in [-0.15, -0.1) is 0 Å². The molecule has 0 aromatic heterocycles. The molecule has 0 bridgehead atoms. The number of ether oxygens (including phenoxy) is 4. The predicted molar refractivity (Wildman–Crippen MR) is 140 cm³/mol. The molecule has 3 aromatic rings. The Morgan fingerprint density at radius 2 is 1.64 bits per heavy atom. The fourth-order valence-electron chi connectivity index (χ4n) is 3.44. The zero-order valence-corrected chi connectivity index (χ0v) is 21.6. The maximum Gasteiger partial charge on any atom is 0.363 e. The Balaban J connectivity index is 1.64.